The normalized spacial score (nSPS) is 15.9. The summed E-state index contributed by atoms with van der Waals surface area (Å²) in [7, 11) is 0. The Morgan fingerprint density at radius 3 is 1.75 bits per heavy atom. The van der Waals surface area contributed by atoms with Crippen LogP contribution < -0.4 is 0 Å². The number of rotatable bonds is 6. The molecule has 0 saturated carbocycles. The lowest BCUT2D eigenvalue weighted by molar-refractivity contribution is -0.161. The minimum atomic E-state index is -1.02. The Morgan fingerprint density at radius 1 is 1.12 bits per heavy atom. The molecule has 2 N–H and O–H groups in total. The first-order valence-corrected chi connectivity index (χ1v) is 5.60. The molecule has 0 aliphatic carbocycles. The Morgan fingerprint density at radius 2 is 1.56 bits per heavy atom. The molecule has 0 aromatic carbocycles. The van der Waals surface area contributed by atoms with E-state index in [0.717, 1.165) is 0 Å². The smallest absolute Gasteiger partial charge is 0.307 e. The Kier molecular flexibility index (Phi) is 4.97. The van der Waals surface area contributed by atoms with Gasteiger partial charge in [0.15, 0.2) is 0 Å². The summed E-state index contributed by atoms with van der Waals surface area (Å²) in [4.78, 5) is 22.5. The summed E-state index contributed by atoms with van der Waals surface area (Å²) in [6.07, 6.45) is 0.639. The van der Waals surface area contributed by atoms with Gasteiger partial charge in [-0.2, -0.15) is 0 Å². The Hall–Kier alpha value is -1.06. The van der Waals surface area contributed by atoms with Gasteiger partial charge in [-0.3, -0.25) is 9.59 Å². The minimum absolute atomic E-state index is 0.190. The molecule has 0 rings (SSSR count). The summed E-state index contributed by atoms with van der Waals surface area (Å²) in [5.41, 5.74) is -0.515. The van der Waals surface area contributed by atoms with Gasteiger partial charge in [0.2, 0.25) is 0 Å². The molecule has 16 heavy (non-hydrogen) atoms. The van der Waals surface area contributed by atoms with Gasteiger partial charge in [0.05, 0.1) is 11.8 Å². The zero-order valence-electron chi connectivity index (χ0n) is 10.7. The second kappa shape index (κ2) is 5.32. The molecule has 0 amide bonds. The van der Waals surface area contributed by atoms with Gasteiger partial charge in [0, 0.05) is 0 Å². The zero-order chi connectivity index (χ0) is 13.1. The van der Waals surface area contributed by atoms with Crippen molar-refractivity contribution in [2.75, 3.05) is 0 Å². The second-order valence-corrected chi connectivity index (χ2v) is 5.27. The summed E-state index contributed by atoms with van der Waals surface area (Å²) in [6, 6.07) is 0. The summed E-state index contributed by atoms with van der Waals surface area (Å²) < 4.78 is 0. The first kappa shape index (κ1) is 14.9. The van der Waals surface area contributed by atoms with Gasteiger partial charge in [-0.25, -0.2) is 0 Å². The summed E-state index contributed by atoms with van der Waals surface area (Å²) >= 11 is 0. The van der Waals surface area contributed by atoms with Gasteiger partial charge in [-0.05, 0) is 11.3 Å². The van der Waals surface area contributed by atoms with Crippen LogP contribution in [-0.2, 0) is 9.59 Å². The number of hydrogen-bond acceptors (Lipinski definition) is 2. The van der Waals surface area contributed by atoms with E-state index >= 15 is 0 Å². The molecule has 0 fully saturated rings. The lowest BCUT2D eigenvalue weighted by atomic mass is 9.67. The quantitative estimate of drug-likeness (QED) is 0.735. The van der Waals surface area contributed by atoms with Crippen LogP contribution in [0.4, 0.5) is 0 Å². The molecule has 4 heteroatoms. The van der Waals surface area contributed by atoms with Crippen molar-refractivity contribution in [3.05, 3.63) is 0 Å². The number of hydrogen-bond donors (Lipinski definition) is 2. The predicted octanol–water partition coefficient (Wildman–Crippen LogP) is 2.48. The topological polar surface area (TPSA) is 74.6 Å². The predicted molar refractivity (Wildman–Crippen MR) is 61.2 cm³/mol. The number of aliphatic carboxylic acids is 2. The average molecular weight is 230 g/mol. The third-order valence-corrected chi connectivity index (χ3v) is 3.38. The maximum absolute atomic E-state index is 11.3. The van der Waals surface area contributed by atoms with Crippen molar-refractivity contribution in [2.45, 2.75) is 41.0 Å². The first-order valence-electron chi connectivity index (χ1n) is 5.60. The van der Waals surface area contributed by atoms with Crippen LogP contribution in [0.5, 0.6) is 0 Å². The van der Waals surface area contributed by atoms with Crippen molar-refractivity contribution in [2.24, 2.45) is 23.2 Å². The van der Waals surface area contributed by atoms with E-state index in [0.29, 0.717) is 6.42 Å². The average Bonchev–Trinajstić information content (AvgIpc) is 2.11. The molecule has 0 aliphatic rings. The van der Waals surface area contributed by atoms with Crippen LogP contribution >= 0.6 is 0 Å². The third-order valence-electron chi connectivity index (χ3n) is 3.38. The van der Waals surface area contributed by atoms with Crippen LogP contribution in [-0.4, -0.2) is 22.2 Å². The maximum atomic E-state index is 11.3. The van der Waals surface area contributed by atoms with Crippen molar-refractivity contribution < 1.29 is 19.8 Å². The lowest BCUT2D eigenvalue weighted by Gasteiger charge is -2.35. The molecule has 0 aromatic rings. The second-order valence-electron chi connectivity index (χ2n) is 5.27. The zero-order valence-corrected chi connectivity index (χ0v) is 10.7. The standard InChI is InChI=1S/C12H22O4/c1-6-12(4,5)9(11(15)16)8(7(2)3)10(13)14/h7-9H,6H2,1-5H3,(H,13,14)(H,15,16). The van der Waals surface area contributed by atoms with Crippen molar-refractivity contribution in [1.82, 2.24) is 0 Å². The van der Waals surface area contributed by atoms with Crippen molar-refractivity contribution in [3.63, 3.8) is 0 Å². The van der Waals surface area contributed by atoms with Crippen LogP contribution in [0.15, 0.2) is 0 Å². The minimum Gasteiger partial charge on any atom is -0.481 e. The summed E-state index contributed by atoms with van der Waals surface area (Å²) in [5.74, 6) is -3.93. The van der Waals surface area contributed by atoms with Gasteiger partial charge in [-0.1, -0.05) is 41.0 Å². The van der Waals surface area contributed by atoms with E-state index in [2.05, 4.69) is 0 Å². The van der Waals surface area contributed by atoms with Crippen LogP contribution in [0, 0.1) is 23.2 Å². The van der Waals surface area contributed by atoms with Gasteiger partial charge in [0.1, 0.15) is 0 Å². The van der Waals surface area contributed by atoms with Crippen LogP contribution in [0.1, 0.15) is 41.0 Å². The van der Waals surface area contributed by atoms with Crippen molar-refractivity contribution >= 4 is 11.9 Å². The number of carboxylic acids is 2. The molecule has 94 valence electrons. The summed E-state index contributed by atoms with van der Waals surface area (Å²) in [5, 5.41) is 18.4. The molecule has 0 radical (unpaired) electrons. The Labute approximate surface area is 96.7 Å². The highest BCUT2D eigenvalue weighted by Crippen LogP contribution is 2.39. The fourth-order valence-electron chi connectivity index (χ4n) is 2.01. The van der Waals surface area contributed by atoms with Gasteiger partial charge in [0.25, 0.3) is 0 Å². The molecule has 0 spiro atoms. The van der Waals surface area contributed by atoms with E-state index in [1.54, 1.807) is 13.8 Å². The van der Waals surface area contributed by atoms with E-state index in [4.69, 9.17) is 5.11 Å². The summed E-state index contributed by atoms with van der Waals surface area (Å²) in [6.45, 7) is 9.00. The molecule has 0 heterocycles. The molecule has 0 bridgehead atoms. The van der Waals surface area contributed by atoms with Crippen LogP contribution in [0.25, 0.3) is 0 Å². The molecule has 4 nitrogen and oxygen atoms in total. The van der Waals surface area contributed by atoms with Crippen LogP contribution in [0.3, 0.4) is 0 Å². The molecule has 0 aromatic heterocycles. The highest BCUT2D eigenvalue weighted by molar-refractivity contribution is 5.80. The van der Waals surface area contributed by atoms with Crippen molar-refractivity contribution in [3.8, 4) is 0 Å². The third kappa shape index (κ3) is 3.22. The maximum Gasteiger partial charge on any atom is 0.307 e. The van der Waals surface area contributed by atoms with E-state index in [-0.39, 0.29) is 5.92 Å². The van der Waals surface area contributed by atoms with Crippen molar-refractivity contribution in [1.29, 1.82) is 0 Å². The highest BCUT2D eigenvalue weighted by atomic mass is 16.4. The molecule has 2 unspecified atom stereocenters. The van der Waals surface area contributed by atoms with Gasteiger partial charge >= 0.3 is 11.9 Å². The Balaban J connectivity index is 5.33. The van der Waals surface area contributed by atoms with Gasteiger partial charge in [-0.15, -0.1) is 0 Å². The highest BCUT2D eigenvalue weighted by Gasteiger charge is 2.44. The van der Waals surface area contributed by atoms with Crippen LogP contribution in [0.2, 0.25) is 0 Å². The molecular formula is C12H22O4. The molecular weight excluding hydrogens is 208 g/mol. The lowest BCUT2D eigenvalue weighted by Crippen LogP contribution is -2.42. The molecule has 2 atom stereocenters. The van der Waals surface area contributed by atoms with E-state index < -0.39 is 29.2 Å². The SMILES string of the molecule is CCC(C)(C)C(C(=O)O)C(C(=O)O)C(C)C. The van der Waals surface area contributed by atoms with E-state index in [1.165, 1.54) is 0 Å². The fraction of sp³-hybridized carbons (Fsp3) is 0.833. The van der Waals surface area contributed by atoms with E-state index in [9.17, 15) is 14.7 Å². The largest absolute Gasteiger partial charge is 0.481 e. The number of carbonyl (C=O) groups is 2. The van der Waals surface area contributed by atoms with Gasteiger partial charge < -0.3 is 10.2 Å². The molecule has 0 saturated heterocycles. The molecule has 0 aliphatic heterocycles. The number of carboxylic acid groups (broad SMARTS) is 2. The monoisotopic (exact) mass is 230 g/mol. The Bertz CT molecular complexity index is 268. The first-order chi connectivity index (χ1) is 7.15. The fourth-order valence-corrected chi connectivity index (χ4v) is 2.01. The van der Waals surface area contributed by atoms with E-state index in [1.807, 2.05) is 20.8 Å².